The molecule has 0 bridgehead atoms. The second-order valence-electron chi connectivity index (χ2n) is 5.41. The molecule has 122 valence electrons. The van der Waals surface area contributed by atoms with Crippen molar-refractivity contribution in [1.29, 1.82) is 0 Å². The first-order chi connectivity index (χ1) is 10.7. The molecule has 2 N–H and O–H groups in total. The molecule has 3 nitrogen and oxygen atoms in total. The van der Waals surface area contributed by atoms with Crippen LogP contribution >= 0.6 is 12.4 Å². The minimum Gasteiger partial charge on any atom is -0.389 e. The number of hydrogen-bond acceptors (Lipinski definition) is 2. The Bertz CT molecular complexity index is 760. The van der Waals surface area contributed by atoms with Gasteiger partial charge in [-0.1, -0.05) is 30.3 Å². The van der Waals surface area contributed by atoms with Crippen LogP contribution in [0.3, 0.4) is 0 Å². The number of rotatable bonds is 5. The van der Waals surface area contributed by atoms with Crippen molar-refractivity contribution in [2.75, 3.05) is 13.6 Å². The highest BCUT2D eigenvalue weighted by Crippen LogP contribution is 2.28. The molecule has 1 aromatic heterocycles. The Balaban J connectivity index is 0.00000192. The van der Waals surface area contributed by atoms with E-state index in [4.69, 9.17) is 0 Å². The standard InChI is InChI=1S/C18H19FN2O.ClH/c1-20-12-17(22)18(13-5-3-2-4-6-13)21-10-9-14-11-15(19)7-8-16(14)21;/h2-11,17-18,20,22H,12H2,1H3;1H/t17-,18+;/m1./s1. The summed E-state index contributed by atoms with van der Waals surface area (Å²) in [6, 6.07) is 16.2. The number of likely N-dealkylation sites (N-methyl/N-ethyl adjacent to an activating group) is 1. The number of hydrogen-bond donors (Lipinski definition) is 2. The van der Waals surface area contributed by atoms with E-state index in [0.717, 1.165) is 16.5 Å². The van der Waals surface area contributed by atoms with Crippen LogP contribution in [-0.4, -0.2) is 29.4 Å². The highest BCUT2D eigenvalue weighted by molar-refractivity contribution is 5.85. The third-order valence-corrected chi connectivity index (χ3v) is 3.90. The number of aromatic nitrogens is 1. The van der Waals surface area contributed by atoms with Gasteiger partial charge >= 0.3 is 0 Å². The van der Waals surface area contributed by atoms with E-state index in [1.54, 1.807) is 6.07 Å². The van der Waals surface area contributed by atoms with Crippen molar-refractivity contribution in [3.05, 3.63) is 72.2 Å². The molecule has 0 aliphatic rings. The SMILES string of the molecule is CNC[C@@H](O)[C@H](c1ccccc1)n1ccc2cc(F)ccc21.Cl. The minimum absolute atomic E-state index is 0. The lowest BCUT2D eigenvalue weighted by molar-refractivity contribution is 0.132. The molecule has 0 unspecified atom stereocenters. The zero-order chi connectivity index (χ0) is 15.5. The van der Waals surface area contributed by atoms with Crippen LogP contribution in [0.4, 0.5) is 4.39 Å². The zero-order valence-corrected chi connectivity index (χ0v) is 13.6. The summed E-state index contributed by atoms with van der Waals surface area (Å²) in [6.07, 6.45) is 1.31. The summed E-state index contributed by atoms with van der Waals surface area (Å²) >= 11 is 0. The Labute approximate surface area is 141 Å². The molecule has 0 aliphatic heterocycles. The summed E-state index contributed by atoms with van der Waals surface area (Å²) < 4.78 is 15.4. The number of nitrogens with zero attached hydrogens (tertiary/aromatic N) is 1. The molecular weight excluding hydrogens is 315 g/mol. The fraction of sp³-hybridized carbons (Fsp3) is 0.222. The van der Waals surface area contributed by atoms with E-state index in [9.17, 15) is 9.50 Å². The Morgan fingerprint density at radius 2 is 1.87 bits per heavy atom. The molecular formula is C18H20ClFN2O. The lowest BCUT2D eigenvalue weighted by Gasteiger charge is -2.26. The van der Waals surface area contributed by atoms with Crippen LogP contribution in [0, 0.1) is 5.82 Å². The van der Waals surface area contributed by atoms with Crippen LogP contribution in [0.1, 0.15) is 11.6 Å². The predicted octanol–water partition coefficient (Wildman–Crippen LogP) is 3.37. The van der Waals surface area contributed by atoms with Gasteiger partial charge in [0.05, 0.1) is 12.1 Å². The van der Waals surface area contributed by atoms with Gasteiger partial charge in [-0.25, -0.2) is 4.39 Å². The highest BCUT2D eigenvalue weighted by Gasteiger charge is 2.23. The monoisotopic (exact) mass is 334 g/mol. The zero-order valence-electron chi connectivity index (χ0n) is 12.8. The fourth-order valence-corrected chi connectivity index (χ4v) is 2.92. The molecule has 0 amide bonds. The molecule has 0 saturated carbocycles. The van der Waals surface area contributed by atoms with Crippen LogP contribution in [0.15, 0.2) is 60.8 Å². The van der Waals surface area contributed by atoms with Crippen molar-refractivity contribution >= 4 is 23.3 Å². The number of aliphatic hydroxyl groups is 1. The summed E-state index contributed by atoms with van der Waals surface area (Å²) in [5.74, 6) is -0.253. The van der Waals surface area contributed by atoms with Crippen LogP contribution in [0.5, 0.6) is 0 Å². The summed E-state index contributed by atoms with van der Waals surface area (Å²) in [4.78, 5) is 0. The van der Waals surface area contributed by atoms with E-state index >= 15 is 0 Å². The van der Waals surface area contributed by atoms with E-state index in [1.807, 2.05) is 54.2 Å². The van der Waals surface area contributed by atoms with E-state index in [2.05, 4.69) is 5.32 Å². The van der Waals surface area contributed by atoms with Crippen molar-refractivity contribution in [2.24, 2.45) is 0 Å². The Morgan fingerprint density at radius 3 is 2.57 bits per heavy atom. The van der Waals surface area contributed by atoms with Crippen LogP contribution in [0.2, 0.25) is 0 Å². The minimum atomic E-state index is -0.590. The van der Waals surface area contributed by atoms with Crippen LogP contribution < -0.4 is 5.32 Å². The van der Waals surface area contributed by atoms with Gasteiger partial charge in [0.2, 0.25) is 0 Å². The quantitative estimate of drug-likeness (QED) is 0.750. The average molecular weight is 335 g/mol. The van der Waals surface area contributed by atoms with Gasteiger partial charge in [-0.05, 0) is 36.9 Å². The molecule has 5 heteroatoms. The third-order valence-electron chi connectivity index (χ3n) is 3.90. The van der Waals surface area contributed by atoms with Crippen LogP contribution in [0.25, 0.3) is 10.9 Å². The molecule has 2 aromatic carbocycles. The third kappa shape index (κ3) is 3.55. The van der Waals surface area contributed by atoms with Gasteiger partial charge in [0.25, 0.3) is 0 Å². The lowest BCUT2D eigenvalue weighted by atomic mass is 10.0. The Kier molecular flexibility index (Phi) is 5.77. The summed E-state index contributed by atoms with van der Waals surface area (Å²) in [5.41, 5.74) is 1.93. The molecule has 0 saturated heterocycles. The molecule has 3 aromatic rings. The maximum atomic E-state index is 13.4. The topological polar surface area (TPSA) is 37.2 Å². The fourth-order valence-electron chi connectivity index (χ4n) is 2.92. The van der Waals surface area contributed by atoms with E-state index in [-0.39, 0.29) is 24.3 Å². The van der Waals surface area contributed by atoms with E-state index in [1.165, 1.54) is 12.1 Å². The van der Waals surface area contributed by atoms with E-state index < -0.39 is 6.10 Å². The molecule has 23 heavy (non-hydrogen) atoms. The van der Waals surface area contributed by atoms with Gasteiger partial charge in [0.15, 0.2) is 0 Å². The number of benzene rings is 2. The first kappa shape index (κ1) is 17.5. The van der Waals surface area contributed by atoms with E-state index in [0.29, 0.717) is 6.54 Å². The molecule has 2 atom stereocenters. The van der Waals surface area contributed by atoms with Gasteiger partial charge in [0, 0.05) is 23.6 Å². The van der Waals surface area contributed by atoms with Gasteiger partial charge < -0.3 is 15.0 Å². The maximum Gasteiger partial charge on any atom is 0.123 e. The van der Waals surface area contributed by atoms with Gasteiger partial charge in [-0.3, -0.25) is 0 Å². The first-order valence-corrected chi connectivity index (χ1v) is 7.34. The Morgan fingerprint density at radius 1 is 1.13 bits per heavy atom. The van der Waals surface area contributed by atoms with Crippen molar-refractivity contribution in [3.8, 4) is 0 Å². The van der Waals surface area contributed by atoms with Gasteiger partial charge in [-0.2, -0.15) is 0 Å². The second kappa shape index (κ2) is 7.59. The number of fused-ring (bicyclic) bond motifs is 1. The summed E-state index contributed by atoms with van der Waals surface area (Å²) in [5, 5.41) is 14.4. The smallest absolute Gasteiger partial charge is 0.123 e. The molecule has 1 heterocycles. The summed E-state index contributed by atoms with van der Waals surface area (Å²) in [6.45, 7) is 0.473. The number of halogens is 2. The first-order valence-electron chi connectivity index (χ1n) is 7.34. The van der Waals surface area contributed by atoms with Crippen molar-refractivity contribution in [3.63, 3.8) is 0 Å². The molecule has 0 fully saturated rings. The summed E-state index contributed by atoms with van der Waals surface area (Å²) in [7, 11) is 1.81. The van der Waals surface area contributed by atoms with Crippen molar-refractivity contribution in [2.45, 2.75) is 12.1 Å². The molecule has 0 aliphatic carbocycles. The van der Waals surface area contributed by atoms with Crippen LogP contribution in [-0.2, 0) is 0 Å². The number of nitrogens with one attached hydrogen (secondary N) is 1. The maximum absolute atomic E-state index is 13.4. The largest absolute Gasteiger partial charge is 0.389 e. The number of aliphatic hydroxyl groups excluding tert-OH is 1. The van der Waals surface area contributed by atoms with Gasteiger partial charge in [0.1, 0.15) is 5.82 Å². The molecule has 0 spiro atoms. The molecule has 3 rings (SSSR count). The lowest BCUT2D eigenvalue weighted by Crippen LogP contribution is -2.33. The van der Waals surface area contributed by atoms with Crippen molar-refractivity contribution < 1.29 is 9.50 Å². The van der Waals surface area contributed by atoms with Crippen molar-refractivity contribution in [1.82, 2.24) is 9.88 Å². The highest BCUT2D eigenvalue weighted by atomic mass is 35.5. The predicted molar refractivity (Wildman–Crippen MR) is 93.7 cm³/mol. The Hall–Kier alpha value is -1.88. The average Bonchev–Trinajstić information content (AvgIpc) is 2.92. The second-order valence-corrected chi connectivity index (χ2v) is 5.41. The molecule has 0 radical (unpaired) electrons. The van der Waals surface area contributed by atoms with Gasteiger partial charge in [-0.15, -0.1) is 12.4 Å². The normalized spacial score (nSPS) is 13.5.